The number of benzene rings is 1. The highest BCUT2D eigenvalue weighted by atomic mass is 32.2. The zero-order valence-corrected chi connectivity index (χ0v) is 16.0. The first-order valence-electron chi connectivity index (χ1n) is 8.44. The predicted molar refractivity (Wildman–Crippen MR) is 103 cm³/mol. The van der Waals surface area contributed by atoms with E-state index in [2.05, 4.69) is 25.6 Å². The van der Waals surface area contributed by atoms with E-state index in [0.29, 0.717) is 16.8 Å². The molecule has 0 aliphatic carbocycles. The summed E-state index contributed by atoms with van der Waals surface area (Å²) in [6.45, 7) is 7.90. The quantitative estimate of drug-likeness (QED) is 0.646. The molecule has 1 amide bonds. The van der Waals surface area contributed by atoms with Crippen molar-refractivity contribution in [1.29, 1.82) is 0 Å². The van der Waals surface area contributed by atoms with Crippen LogP contribution in [-0.2, 0) is 4.79 Å². The number of nitrogens with zero attached hydrogens (tertiary/aromatic N) is 4. The average molecular weight is 370 g/mol. The number of aromatic amines is 1. The number of nitrogens with one attached hydrogen (secondary N) is 2. The Bertz CT molecular complexity index is 883. The lowest BCUT2D eigenvalue weighted by Gasteiger charge is -2.14. The van der Waals surface area contributed by atoms with Crippen LogP contribution in [0, 0.1) is 6.92 Å². The lowest BCUT2D eigenvalue weighted by molar-refractivity contribution is -0.115. The Morgan fingerprint density at radius 1 is 1.19 bits per heavy atom. The van der Waals surface area contributed by atoms with Gasteiger partial charge in [-0.2, -0.15) is 5.10 Å². The summed E-state index contributed by atoms with van der Waals surface area (Å²) in [4.78, 5) is 16.9. The molecule has 0 aliphatic rings. The Morgan fingerprint density at radius 3 is 2.62 bits per heavy atom. The molecule has 26 heavy (non-hydrogen) atoms. The van der Waals surface area contributed by atoms with Crippen LogP contribution in [0.1, 0.15) is 32.4 Å². The zero-order valence-electron chi connectivity index (χ0n) is 15.2. The number of hydrogen-bond donors (Lipinski definition) is 2. The molecule has 0 bridgehead atoms. The SMILES string of the molecule is Cc1ccc(-c2nc(S[C@H](C)C(=O)Nc3ccnn3C(C)C)n[nH]2)cc1. The predicted octanol–water partition coefficient (Wildman–Crippen LogP) is 3.68. The summed E-state index contributed by atoms with van der Waals surface area (Å²) in [5, 5.41) is 14.5. The topological polar surface area (TPSA) is 88.5 Å². The van der Waals surface area contributed by atoms with Crippen molar-refractivity contribution >= 4 is 23.5 Å². The maximum Gasteiger partial charge on any atom is 0.238 e. The van der Waals surface area contributed by atoms with Crippen molar-refractivity contribution in [2.75, 3.05) is 5.32 Å². The van der Waals surface area contributed by atoms with Crippen LogP contribution >= 0.6 is 11.8 Å². The molecule has 3 aromatic rings. The second-order valence-corrected chi connectivity index (χ2v) is 7.64. The summed E-state index contributed by atoms with van der Waals surface area (Å²) in [7, 11) is 0. The van der Waals surface area contributed by atoms with Crippen molar-refractivity contribution in [1.82, 2.24) is 25.0 Å². The molecule has 0 saturated carbocycles. The minimum atomic E-state index is -0.341. The summed E-state index contributed by atoms with van der Waals surface area (Å²) in [6.07, 6.45) is 1.68. The highest BCUT2D eigenvalue weighted by Crippen LogP contribution is 2.24. The van der Waals surface area contributed by atoms with Gasteiger partial charge in [0.25, 0.3) is 0 Å². The van der Waals surface area contributed by atoms with Crippen LogP contribution < -0.4 is 5.32 Å². The largest absolute Gasteiger partial charge is 0.310 e. The molecule has 7 nitrogen and oxygen atoms in total. The fourth-order valence-electron chi connectivity index (χ4n) is 2.40. The third kappa shape index (κ3) is 4.13. The number of hydrogen-bond acceptors (Lipinski definition) is 5. The Balaban J connectivity index is 1.64. The molecule has 1 aromatic carbocycles. The van der Waals surface area contributed by atoms with Gasteiger partial charge in [0.1, 0.15) is 5.82 Å². The van der Waals surface area contributed by atoms with Gasteiger partial charge in [0, 0.05) is 17.7 Å². The third-order valence-corrected chi connectivity index (χ3v) is 4.81. The van der Waals surface area contributed by atoms with Crippen molar-refractivity contribution < 1.29 is 4.79 Å². The van der Waals surface area contributed by atoms with Crippen LogP contribution in [0.3, 0.4) is 0 Å². The normalized spacial score (nSPS) is 12.3. The number of amides is 1. The van der Waals surface area contributed by atoms with E-state index in [1.54, 1.807) is 16.9 Å². The maximum absolute atomic E-state index is 12.5. The van der Waals surface area contributed by atoms with Crippen LogP contribution in [0.5, 0.6) is 0 Å². The molecule has 0 unspecified atom stereocenters. The number of H-pyrrole nitrogens is 1. The number of carbonyl (C=O) groups excluding carboxylic acids is 1. The number of rotatable bonds is 6. The molecule has 0 aliphatic heterocycles. The molecule has 0 radical (unpaired) electrons. The Labute approximate surface area is 156 Å². The van der Waals surface area contributed by atoms with E-state index in [0.717, 1.165) is 5.56 Å². The molecule has 2 aromatic heterocycles. The van der Waals surface area contributed by atoms with Crippen molar-refractivity contribution in [3.8, 4) is 11.4 Å². The maximum atomic E-state index is 12.5. The molecule has 136 valence electrons. The van der Waals surface area contributed by atoms with Gasteiger partial charge in [0.05, 0.1) is 11.4 Å². The smallest absolute Gasteiger partial charge is 0.238 e. The van der Waals surface area contributed by atoms with Crippen molar-refractivity contribution in [2.45, 2.75) is 44.1 Å². The van der Waals surface area contributed by atoms with Gasteiger partial charge < -0.3 is 5.32 Å². The van der Waals surface area contributed by atoms with Crippen LogP contribution in [0.25, 0.3) is 11.4 Å². The summed E-state index contributed by atoms with van der Waals surface area (Å²) in [6, 6.07) is 10.0. The van der Waals surface area contributed by atoms with Gasteiger partial charge in [0.15, 0.2) is 5.82 Å². The minimum absolute atomic E-state index is 0.112. The zero-order chi connectivity index (χ0) is 18.7. The Kier molecular flexibility index (Phi) is 5.41. The second-order valence-electron chi connectivity index (χ2n) is 6.34. The molecule has 0 spiro atoms. The first-order chi connectivity index (χ1) is 12.4. The van der Waals surface area contributed by atoms with Crippen LogP contribution in [0.2, 0.25) is 0 Å². The fraction of sp³-hybridized carbons (Fsp3) is 0.333. The lowest BCUT2D eigenvalue weighted by Crippen LogP contribution is -2.24. The number of carbonyl (C=O) groups is 1. The Hall–Kier alpha value is -2.61. The second kappa shape index (κ2) is 7.74. The number of aromatic nitrogens is 5. The van der Waals surface area contributed by atoms with E-state index in [1.165, 1.54) is 17.3 Å². The standard InChI is InChI=1S/C18H22N6OS/c1-11(2)24-15(9-10-19-24)20-17(25)13(4)26-18-21-16(22-23-18)14-7-5-12(3)6-8-14/h5-11,13H,1-4H3,(H,20,25)(H,21,22,23)/t13-/m1/s1. The van der Waals surface area contributed by atoms with Gasteiger partial charge in [-0.3, -0.25) is 9.89 Å². The first kappa shape index (κ1) is 18.2. The summed E-state index contributed by atoms with van der Waals surface area (Å²) in [5.74, 6) is 1.27. The van der Waals surface area contributed by atoms with Crippen LogP contribution in [0.4, 0.5) is 5.82 Å². The number of thioether (sulfide) groups is 1. The Morgan fingerprint density at radius 2 is 1.92 bits per heavy atom. The molecule has 3 rings (SSSR count). The van der Waals surface area contributed by atoms with Gasteiger partial charge in [-0.1, -0.05) is 41.6 Å². The van der Waals surface area contributed by atoms with Gasteiger partial charge in [-0.15, -0.1) is 5.10 Å². The van der Waals surface area contributed by atoms with Crippen molar-refractivity contribution in [3.63, 3.8) is 0 Å². The van der Waals surface area contributed by atoms with Crippen molar-refractivity contribution in [3.05, 3.63) is 42.1 Å². The van der Waals surface area contributed by atoms with E-state index < -0.39 is 0 Å². The lowest BCUT2D eigenvalue weighted by atomic mass is 10.1. The van der Waals surface area contributed by atoms with Gasteiger partial charge in [0.2, 0.25) is 11.1 Å². The average Bonchev–Trinajstić information content (AvgIpc) is 3.25. The van der Waals surface area contributed by atoms with Gasteiger partial charge >= 0.3 is 0 Å². The highest BCUT2D eigenvalue weighted by molar-refractivity contribution is 8.00. The molecular formula is C18H22N6OS. The van der Waals surface area contributed by atoms with E-state index in [9.17, 15) is 4.79 Å². The van der Waals surface area contributed by atoms with Gasteiger partial charge in [-0.05, 0) is 27.7 Å². The monoisotopic (exact) mass is 370 g/mol. The summed E-state index contributed by atoms with van der Waals surface area (Å²) in [5.41, 5.74) is 2.15. The molecule has 2 heterocycles. The van der Waals surface area contributed by atoms with Crippen molar-refractivity contribution in [2.24, 2.45) is 0 Å². The van der Waals surface area contributed by atoms with E-state index >= 15 is 0 Å². The first-order valence-corrected chi connectivity index (χ1v) is 9.32. The third-order valence-electron chi connectivity index (χ3n) is 3.85. The highest BCUT2D eigenvalue weighted by Gasteiger charge is 2.19. The minimum Gasteiger partial charge on any atom is -0.310 e. The number of aryl methyl sites for hydroxylation is 1. The molecule has 0 saturated heterocycles. The molecular weight excluding hydrogens is 348 g/mol. The number of anilines is 1. The molecule has 8 heteroatoms. The van der Waals surface area contributed by atoms with Crippen LogP contribution in [-0.4, -0.2) is 36.1 Å². The van der Waals surface area contributed by atoms with E-state index in [4.69, 9.17) is 0 Å². The van der Waals surface area contributed by atoms with Crippen LogP contribution in [0.15, 0.2) is 41.7 Å². The fourth-order valence-corrected chi connectivity index (χ4v) is 3.13. The van der Waals surface area contributed by atoms with E-state index in [-0.39, 0.29) is 17.2 Å². The molecule has 1 atom stereocenters. The molecule has 0 fully saturated rings. The molecule has 2 N–H and O–H groups in total. The van der Waals surface area contributed by atoms with E-state index in [1.807, 2.05) is 52.0 Å². The summed E-state index contributed by atoms with van der Waals surface area (Å²) < 4.78 is 1.78. The van der Waals surface area contributed by atoms with Gasteiger partial charge in [-0.25, -0.2) is 9.67 Å². The summed E-state index contributed by atoms with van der Waals surface area (Å²) >= 11 is 1.31.